The summed E-state index contributed by atoms with van der Waals surface area (Å²) in [7, 11) is 0. The Balaban J connectivity index is 2.02. The number of alkyl halides is 1. The van der Waals surface area contributed by atoms with E-state index in [0.717, 1.165) is 31.4 Å². The molecule has 2 rings (SSSR count). The monoisotopic (exact) mass is 351 g/mol. The maximum Gasteiger partial charge on any atom is 0.254 e. The molecule has 1 aromatic rings. The second kappa shape index (κ2) is 6.18. The number of carbonyl (C=O) groups excluding carboxylic acids is 1. The summed E-state index contributed by atoms with van der Waals surface area (Å²) in [6.07, 6.45) is 3.21. The molecule has 1 aliphatic rings. The molecule has 1 fully saturated rings. The third-order valence-electron chi connectivity index (χ3n) is 3.35. The topological polar surface area (TPSA) is 29.1 Å². The number of nitrogens with one attached hydrogen (secondary N) is 1. The molecule has 1 saturated carbocycles. The first-order valence-corrected chi connectivity index (χ1v) is 7.35. The predicted octanol–water partition coefficient (Wildman–Crippen LogP) is 3.91. The molecule has 0 aromatic heterocycles. The molecule has 0 spiro atoms. The van der Waals surface area contributed by atoms with Crippen molar-refractivity contribution in [3.63, 3.8) is 0 Å². The summed E-state index contributed by atoms with van der Waals surface area (Å²) in [6.45, 7) is 0.457. The fraction of sp³-hybridized carbons (Fsp3) is 0.462. The molecular weight excluding hydrogens is 340 g/mol. The van der Waals surface area contributed by atoms with E-state index in [1.54, 1.807) is 0 Å². The van der Waals surface area contributed by atoms with Crippen LogP contribution in [-0.4, -0.2) is 17.3 Å². The van der Waals surface area contributed by atoms with Crippen LogP contribution in [0.4, 0.5) is 8.78 Å². The second-order valence-corrected chi connectivity index (χ2v) is 6.25. The van der Waals surface area contributed by atoms with Crippen LogP contribution < -0.4 is 5.32 Å². The van der Waals surface area contributed by atoms with Crippen LogP contribution in [0.15, 0.2) is 12.1 Å². The van der Waals surface area contributed by atoms with E-state index >= 15 is 0 Å². The zero-order valence-corrected chi connectivity index (χ0v) is 12.4. The normalized spacial score (nSPS) is 22.5. The van der Waals surface area contributed by atoms with Gasteiger partial charge in [0.05, 0.1) is 10.6 Å². The highest BCUT2D eigenvalue weighted by Gasteiger charge is 2.25. The molecule has 2 unspecified atom stereocenters. The van der Waals surface area contributed by atoms with Gasteiger partial charge in [-0.1, -0.05) is 34.0 Å². The lowest BCUT2D eigenvalue weighted by atomic mass is 10.1. The van der Waals surface area contributed by atoms with Gasteiger partial charge >= 0.3 is 0 Å². The summed E-state index contributed by atoms with van der Waals surface area (Å²) in [5, 5.41) is 2.31. The van der Waals surface area contributed by atoms with Gasteiger partial charge in [-0.25, -0.2) is 8.78 Å². The van der Waals surface area contributed by atoms with Crippen LogP contribution in [-0.2, 0) is 0 Å². The number of hydrogen-bond acceptors (Lipinski definition) is 1. The first-order valence-electron chi connectivity index (χ1n) is 6.06. The van der Waals surface area contributed by atoms with Gasteiger partial charge in [0.2, 0.25) is 0 Å². The van der Waals surface area contributed by atoms with Gasteiger partial charge in [-0.2, -0.15) is 0 Å². The Hall–Kier alpha value is -0.680. The molecule has 0 saturated heterocycles. The van der Waals surface area contributed by atoms with E-state index in [1.807, 2.05) is 0 Å². The van der Waals surface area contributed by atoms with Gasteiger partial charge in [0.25, 0.3) is 5.91 Å². The van der Waals surface area contributed by atoms with Crippen molar-refractivity contribution < 1.29 is 13.6 Å². The molecule has 6 heteroatoms. The van der Waals surface area contributed by atoms with Crippen LogP contribution in [0.5, 0.6) is 0 Å². The quantitative estimate of drug-likeness (QED) is 0.648. The summed E-state index contributed by atoms with van der Waals surface area (Å²) in [5.74, 6) is -1.89. The van der Waals surface area contributed by atoms with E-state index in [1.165, 1.54) is 0 Å². The standard InChI is InChI=1S/C13H13BrClF2NO/c14-9-3-1-2-7(9)6-18-13(19)8-4-12(17)10(15)5-11(8)16/h4-5,7,9H,1-3,6H2,(H,18,19). The second-order valence-electron chi connectivity index (χ2n) is 4.66. The van der Waals surface area contributed by atoms with Crippen molar-refractivity contribution in [2.45, 2.75) is 24.1 Å². The Morgan fingerprint density at radius 1 is 1.37 bits per heavy atom. The summed E-state index contributed by atoms with van der Waals surface area (Å²) >= 11 is 8.98. The van der Waals surface area contributed by atoms with E-state index in [2.05, 4.69) is 21.2 Å². The predicted molar refractivity (Wildman–Crippen MR) is 73.8 cm³/mol. The molecule has 1 aromatic carbocycles. The molecule has 1 aliphatic carbocycles. The average molecular weight is 353 g/mol. The summed E-state index contributed by atoms with van der Waals surface area (Å²) in [5.41, 5.74) is -0.314. The van der Waals surface area contributed by atoms with Crippen LogP contribution in [0, 0.1) is 17.6 Å². The molecule has 0 aliphatic heterocycles. The summed E-state index contributed by atoms with van der Waals surface area (Å²) in [6, 6.07) is 1.64. The van der Waals surface area contributed by atoms with Crippen molar-refractivity contribution in [1.29, 1.82) is 0 Å². The minimum atomic E-state index is -0.814. The summed E-state index contributed by atoms with van der Waals surface area (Å²) in [4.78, 5) is 12.2. The highest BCUT2D eigenvalue weighted by molar-refractivity contribution is 9.09. The largest absolute Gasteiger partial charge is 0.352 e. The number of halogens is 4. The third kappa shape index (κ3) is 3.45. The van der Waals surface area contributed by atoms with Crippen molar-refractivity contribution in [2.24, 2.45) is 5.92 Å². The minimum absolute atomic E-state index is 0.314. The van der Waals surface area contributed by atoms with Gasteiger partial charge in [-0.15, -0.1) is 0 Å². The molecule has 19 heavy (non-hydrogen) atoms. The van der Waals surface area contributed by atoms with Gasteiger partial charge in [0.15, 0.2) is 0 Å². The lowest BCUT2D eigenvalue weighted by Crippen LogP contribution is -2.31. The fourth-order valence-corrected chi connectivity index (χ4v) is 3.16. The highest BCUT2D eigenvalue weighted by atomic mass is 79.9. The van der Waals surface area contributed by atoms with Crippen LogP contribution in [0.1, 0.15) is 29.6 Å². The number of amides is 1. The first kappa shape index (κ1) is 14.7. The SMILES string of the molecule is O=C(NCC1CCCC1Br)c1cc(F)c(Cl)cc1F. The Kier molecular flexibility index (Phi) is 4.79. The molecular formula is C13H13BrClF2NO. The van der Waals surface area contributed by atoms with Gasteiger partial charge in [-0.05, 0) is 30.9 Å². The molecule has 1 amide bonds. The van der Waals surface area contributed by atoms with Gasteiger partial charge in [0, 0.05) is 11.4 Å². The van der Waals surface area contributed by atoms with E-state index in [9.17, 15) is 13.6 Å². The molecule has 0 bridgehead atoms. The van der Waals surface area contributed by atoms with Crippen molar-refractivity contribution >= 4 is 33.4 Å². The average Bonchev–Trinajstić information content (AvgIpc) is 2.76. The van der Waals surface area contributed by atoms with Crippen LogP contribution in [0.25, 0.3) is 0 Å². The van der Waals surface area contributed by atoms with Crippen molar-refractivity contribution in [3.8, 4) is 0 Å². The third-order valence-corrected chi connectivity index (χ3v) is 4.84. The van der Waals surface area contributed by atoms with Crippen LogP contribution in [0.2, 0.25) is 5.02 Å². The van der Waals surface area contributed by atoms with Gasteiger partial charge < -0.3 is 5.32 Å². The highest BCUT2D eigenvalue weighted by Crippen LogP contribution is 2.31. The smallest absolute Gasteiger partial charge is 0.254 e. The number of carbonyl (C=O) groups is 1. The van der Waals surface area contributed by atoms with E-state index in [0.29, 0.717) is 17.3 Å². The van der Waals surface area contributed by atoms with Gasteiger partial charge in [-0.3, -0.25) is 4.79 Å². The number of benzene rings is 1. The molecule has 0 radical (unpaired) electrons. The Morgan fingerprint density at radius 2 is 2.11 bits per heavy atom. The molecule has 0 heterocycles. The van der Waals surface area contributed by atoms with Crippen molar-refractivity contribution in [1.82, 2.24) is 5.32 Å². The Morgan fingerprint density at radius 3 is 2.74 bits per heavy atom. The van der Waals surface area contributed by atoms with Crippen LogP contribution in [0.3, 0.4) is 0 Å². The van der Waals surface area contributed by atoms with Crippen molar-refractivity contribution in [3.05, 3.63) is 34.4 Å². The molecule has 104 valence electrons. The van der Waals surface area contributed by atoms with Gasteiger partial charge in [0.1, 0.15) is 11.6 Å². The Labute approximate surface area is 123 Å². The fourth-order valence-electron chi connectivity index (χ4n) is 2.24. The molecule has 1 N–H and O–H groups in total. The first-order chi connectivity index (χ1) is 8.99. The van der Waals surface area contributed by atoms with Crippen LogP contribution >= 0.6 is 27.5 Å². The molecule has 2 nitrogen and oxygen atoms in total. The zero-order valence-electron chi connectivity index (χ0n) is 10.1. The summed E-state index contributed by atoms with van der Waals surface area (Å²) < 4.78 is 26.8. The van der Waals surface area contributed by atoms with Crippen molar-refractivity contribution in [2.75, 3.05) is 6.54 Å². The number of rotatable bonds is 3. The minimum Gasteiger partial charge on any atom is -0.352 e. The maximum absolute atomic E-state index is 13.5. The van der Waals surface area contributed by atoms with E-state index in [4.69, 9.17) is 11.6 Å². The lowest BCUT2D eigenvalue weighted by Gasteiger charge is -2.15. The molecule has 2 atom stereocenters. The number of hydrogen-bond donors (Lipinski definition) is 1. The van der Waals surface area contributed by atoms with E-state index in [-0.39, 0.29) is 10.6 Å². The lowest BCUT2D eigenvalue weighted by molar-refractivity contribution is 0.0943. The Bertz CT molecular complexity index is 498. The maximum atomic E-state index is 13.5. The van der Waals surface area contributed by atoms with E-state index < -0.39 is 17.5 Å². The zero-order chi connectivity index (χ0) is 14.0.